The third-order valence-corrected chi connectivity index (χ3v) is 5.24. The summed E-state index contributed by atoms with van der Waals surface area (Å²) < 4.78 is 0. The molecule has 150 valence electrons. The largest absolute Gasteiger partial charge is 0.372 e. The van der Waals surface area contributed by atoms with Gasteiger partial charge in [0.05, 0.1) is 11.4 Å². The highest BCUT2D eigenvalue weighted by atomic mass is 16.2. The van der Waals surface area contributed by atoms with Crippen molar-refractivity contribution < 1.29 is 9.59 Å². The van der Waals surface area contributed by atoms with E-state index in [1.807, 2.05) is 6.07 Å². The van der Waals surface area contributed by atoms with Crippen molar-refractivity contribution >= 4 is 23.2 Å². The van der Waals surface area contributed by atoms with Gasteiger partial charge in [-0.05, 0) is 57.1 Å². The molecule has 0 fully saturated rings. The molecule has 0 unspecified atom stereocenters. The third kappa shape index (κ3) is 5.96. The SMILES string of the molecule is CCCCN(C)CCCNC(=O)c1ccc2c(c1)NC(=O)[C@H]([C@H](C)CC)N2. The van der Waals surface area contributed by atoms with Gasteiger partial charge in [0.1, 0.15) is 6.04 Å². The first-order valence-electron chi connectivity index (χ1n) is 10.1. The number of nitrogens with one attached hydrogen (secondary N) is 3. The van der Waals surface area contributed by atoms with Crippen LogP contribution in [-0.2, 0) is 4.79 Å². The van der Waals surface area contributed by atoms with Gasteiger partial charge in [0.2, 0.25) is 5.91 Å². The fourth-order valence-corrected chi connectivity index (χ4v) is 3.19. The van der Waals surface area contributed by atoms with Gasteiger partial charge in [0, 0.05) is 12.1 Å². The molecule has 2 rings (SSSR count). The number of hydrogen-bond donors (Lipinski definition) is 3. The van der Waals surface area contributed by atoms with Crippen LogP contribution >= 0.6 is 0 Å². The Morgan fingerprint density at radius 2 is 1.96 bits per heavy atom. The summed E-state index contributed by atoms with van der Waals surface area (Å²) >= 11 is 0. The Bertz CT molecular complexity index is 647. The molecule has 1 aliphatic heterocycles. The Labute approximate surface area is 163 Å². The zero-order valence-corrected chi connectivity index (χ0v) is 17.1. The number of fused-ring (bicyclic) bond motifs is 1. The highest BCUT2D eigenvalue weighted by Crippen LogP contribution is 2.30. The molecule has 3 N–H and O–H groups in total. The second-order valence-electron chi connectivity index (χ2n) is 7.52. The molecule has 1 aliphatic rings. The summed E-state index contributed by atoms with van der Waals surface area (Å²) in [5.41, 5.74) is 2.11. The van der Waals surface area contributed by atoms with Gasteiger partial charge in [-0.3, -0.25) is 9.59 Å². The van der Waals surface area contributed by atoms with Gasteiger partial charge >= 0.3 is 0 Å². The van der Waals surface area contributed by atoms with E-state index in [9.17, 15) is 9.59 Å². The monoisotopic (exact) mass is 374 g/mol. The van der Waals surface area contributed by atoms with Gasteiger partial charge < -0.3 is 20.9 Å². The fourth-order valence-electron chi connectivity index (χ4n) is 3.19. The third-order valence-electron chi connectivity index (χ3n) is 5.24. The van der Waals surface area contributed by atoms with Crippen molar-refractivity contribution in [2.75, 3.05) is 37.3 Å². The van der Waals surface area contributed by atoms with Crippen molar-refractivity contribution in [1.29, 1.82) is 0 Å². The van der Waals surface area contributed by atoms with Crippen LogP contribution in [0.1, 0.15) is 56.8 Å². The highest BCUT2D eigenvalue weighted by Gasteiger charge is 2.29. The fraction of sp³-hybridized carbons (Fsp3) is 0.619. The van der Waals surface area contributed by atoms with Crippen molar-refractivity contribution in [2.24, 2.45) is 5.92 Å². The lowest BCUT2D eigenvalue weighted by molar-refractivity contribution is -0.118. The van der Waals surface area contributed by atoms with Gasteiger partial charge in [-0.25, -0.2) is 0 Å². The van der Waals surface area contributed by atoms with Crippen molar-refractivity contribution in [3.8, 4) is 0 Å². The number of nitrogens with zero attached hydrogens (tertiary/aromatic N) is 1. The number of anilines is 2. The van der Waals surface area contributed by atoms with Gasteiger partial charge in [-0.15, -0.1) is 0 Å². The summed E-state index contributed by atoms with van der Waals surface area (Å²) in [4.78, 5) is 27.0. The minimum atomic E-state index is -0.230. The van der Waals surface area contributed by atoms with Crippen LogP contribution in [0.5, 0.6) is 0 Å². The van der Waals surface area contributed by atoms with Crippen LogP contribution in [0.25, 0.3) is 0 Å². The minimum absolute atomic E-state index is 0.0375. The summed E-state index contributed by atoms with van der Waals surface area (Å²) in [5, 5.41) is 9.20. The Hall–Kier alpha value is -2.08. The summed E-state index contributed by atoms with van der Waals surface area (Å²) in [6.07, 6.45) is 4.25. The lowest BCUT2D eigenvalue weighted by Crippen LogP contribution is -2.43. The molecule has 1 aromatic rings. The maximum Gasteiger partial charge on any atom is 0.251 e. The lowest BCUT2D eigenvalue weighted by atomic mass is 9.95. The van der Waals surface area contributed by atoms with Crippen molar-refractivity contribution in [2.45, 2.75) is 52.5 Å². The Balaban J connectivity index is 1.87. The average molecular weight is 375 g/mol. The Kier molecular flexibility index (Phi) is 8.10. The zero-order valence-electron chi connectivity index (χ0n) is 17.1. The van der Waals surface area contributed by atoms with E-state index < -0.39 is 0 Å². The summed E-state index contributed by atoms with van der Waals surface area (Å²) in [6.45, 7) is 9.04. The number of carbonyl (C=O) groups is 2. The molecule has 0 radical (unpaired) electrons. The van der Waals surface area contributed by atoms with Crippen LogP contribution < -0.4 is 16.0 Å². The predicted octanol–water partition coefficient (Wildman–Crippen LogP) is 3.32. The molecule has 0 bridgehead atoms. The molecule has 0 spiro atoms. The first-order valence-corrected chi connectivity index (χ1v) is 10.1. The Morgan fingerprint density at radius 1 is 1.22 bits per heavy atom. The molecular weight excluding hydrogens is 340 g/mol. The van der Waals surface area contributed by atoms with Gasteiger partial charge in [0.15, 0.2) is 0 Å². The average Bonchev–Trinajstić information content (AvgIpc) is 2.67. The smallest absolute Gasteiger partial charge is 0.251 e. The molecule has 0 saturated heterocycles. The first kappa shape index (κ1) is 21.2. The number of unbranched alkanes of at least 4 members (excludes halogenated alkanes) is 1. The van der Waals surface area contributed by atoms with E-state index in [4.69, 9.17) is 0 Å². The van der Waals surface area contributed by atoms with E-state index in [0.717, 1.165) is 31.6 Å². The molecule has 0 saturated carbocycles. The molecule has 27 heavy (non-hydrogen) atoms. The van der Waals surface area contributed by atoms with Crippen molar-refractivity contribution in [1.82, 2.24) is 10.2 Å². The molecule has 1 aromatic carbocycles. The number of carbonyl (C=O) groups excluding carboxylic acids is 2. The highest BCUT2D eigenvalue weighted by molar-refractivity contribution is 6.05. The van der Waals surface area contributed by atoms with E-state index >= 15 is 0 Å². The number of hydrogen-bond acceptors (Lipinski definition) is 4. The minimum Gasteiger partial charge on any atom is -0.372 e. The maximum atomic E-state index is 12.4. The number of rotatable bonds is 10. The topological polar surface area (TPSA) is 73.5 Å². The molecule has 2 amide bonds. The summed E-state index contributed by atoms with van der Waals surface area (Å²) in [5.74, 6) is 0.105. The molecule has 2 atom stereocenters. The summed E-state index contributed by atoms with van der Waals surface area (Å²) in [7, 11) is 2.11. The van der Waals surface area contributed by atoms with Crippen molar-refractivity contribution in [3.63, 3.8) is 0 Å². The Morgan fingerprint density at radius 3 is 2.67 bits per heavy atom. The predicted molar refractivity (Wildman–Crippen MR) is 111 cm³/mol. The summed E-state index contributed by atoms with van der Waals surface area (Å²) in [6, 6.07) is 5.19. The van der Waals surface area contributed by atoms with Crippen LogP contribution in [-0.4, -0.2) is 49.4 Å². The molecule has 0 aromatic heterocycles. The van der Waals surface area contributed by atoms with Crippen LogP contribution in [0.4, 0.5) is 11.4 Å². The molecule has 0 aliphatic carbocycles. The van der Waals surface area contributed by atoms with Crippen LogP contribution in [0.15, 0.2) is 18.2 Å². The first-order chi connectivity index (χ1) is 13.0. The standard InChI is InChI=1S/C21H34N4O2/c1-5-7-12-25(4)13-8-11-22-20(26)16-9-10-17-18(14-16)24-21(27)19(23-17)15(3)6-2/h9-10,14-15,19,23H,5-8,11-13H2,1-4H3,(H,22,26)(H,24,27)/t15-,19+/m1/s1. The van der Waals surface area contributed by atoms with Crippen LogP contribution in [0, 0.1) is 5.92 Å². The molecule has 6 heteroatoms. The lowest BCUT2D eigenvalue weighted by Gasteiger charge is -2.30. The molecular formula is C21H34N4O2. The second-order valence-corrected chi connectivity index (χ2v) is 7.52. The van der Waals surface area contributed by atoms with E-state index in [0.29, 0.717) is 17.8 Å². The zero-order chi connectivity index (χ0) is 19.8. The quantitative estimate of drug-likeness (QED) is 0.549. The van der Waals surface area contributed by atoms with Crippen LogP contribution in [0.3, 0.4) is 0 Å². The van der Waals surface area contributed by atoms with E-state index in [1.165, 1.54) is 12.8 Å². The van der Waals surface area contributed by atoms with Crippen molar-refractivity contribution in [3.05, 3.63) is 23.8 Å². The second kappa shape index (κ2) is 10.3. The van der Waals surface area contributed by atoms with E-state index in [1.54, 1.807) is 12.1 Å². The number of amides is 2. The van der Waals surface area contributed by atoms with Gasteiger partial charge in [0.25, 0.3) is 5.91 Å². The molecule has 1 heterocycles. The van der Waals surface area contributed by atoms with E-state index in [-0.39, 0.29) is 23.8 Å². The number of benzene rings is 1. The van der Waals surface area contributed by atoms with Gasteiger partial charge in [-0.1, -0.05) is 33.6 Å². The molecule has 6 nitrogen and oxygen atoms in total. The normalized spacial score (nSPS) is 17.1. The van der Waals surface area contributed by atoms with E-state index in [2.05, 4.69) is 48.7 Å². The van der Waals surface area contributed by atoms with Crippen LogP contribution in [0.2, 0.25) is 0 Å². The maximum absolute atomic E-state index is 12.4. The van der Waals surface area contributed by atoms with Gasteiger partial charge in [-0.2, -0.15) is 0 Å².